The molecule has 1 aromatic carbocycles. The molecule has 2 saturated heterocycles. The van der Waals surface area contributed by atoms with Gasteiger partial charge in [-0.25, -0.2) is 4.98 Å². The summed E-state index contributed by atoms with van der Waals surface area (Å²) in [4.78, 5) is 23.6. The Kier molecular flexibility index (Phi) is 4.59. The quantitative estimate of drug-likeness (QED) is 0.780. The molecule has 28 heavy (non-hydrogen) atoms. The minimum Gasteiger partial charge on any atom is -0.347 e. The zero-order valence-corrected chi connectivity index (χ0v) is 17.2. The lowest BCUT2D eigenvalue weighted by atomic mass is 9.74. The minimum absolute atomic E-state index is 0.145. The molecular formula is C21H27N5OS. The number of rotatable bonds is 2. The zero-order chi connectivity index (χ0) is 19.1. The van der Waals surface area contributed by atoms with E-state index in [1.165, 1.54) is 29.9 Å². The fourth-order valence-corrected chi connectivity index (χ4v) is 5.97. The first-order chi connectivity index (χ1) is 13.7. The Labute approximate surface area is 170 Å². The molecule has 1 amide bonds. The summed E-state index contributed by atoms with van der Waals surface area (Å²) in [5, 5.41) is 1.06. The van der Waals surface area contributed by atoms with Crippen molar-refractivity contribution in [2.45, 2.75) is 44.1 Å². The van der Waals surface area contributed by atoms with Gasteiger partial charge in [-0.2, -0.15) is 4.37 Å². The summed E-state index contributed by atoms with van der Waals surface area (Å²) < 4.78 is 4.13. The van der Waals surface area contributed by atoms with Gasteiger partial charge in [0.2, 0.25) is 11.0 Å². The highest BCUT2D eigenvalue weighted by Gasteiger charge is 2.46. The van der Waals surface area contributed by atoms with Gasteiger partial charge in [-0.1, -0.05) is 18.2 Å². The van der Waals surface area contributed by atoms with Gasteiger partial charge in [-0.15, -0.1) is 0 Å². The standard InChI is InChI=1S/C21H27N5OS/c1-16(27)26-14-21(18-4-2-3-5-19(18)26)8-12-24(13-9-21)17-6-10-25(11-7-17)20-22-15-23-28-20/h2-5,15,17H,6-14H2,1H3. The van der Waals surface area contributed by atoms with Gasteiger partial charge in [-0.05, 0) is 50.4 Å². The second-order valence-corrected chi connectivity index (χ2v) is 9.14. The van der Waals surface area contributed by atoms with Gasteiger partial charge in [0, 0.05) is 55.2 Å². The molecule has 3 aliphatic rings. The van der Waals surface area contributed by atoms with E-state index in [0.29, 0.717) is 6.04 Å². The molecule has 2 aromatic rings. The van der Waals surface area contributed by atoms with E-state index in [4.69, 9.17) is 0 Å². The fourth-order valence-electron chi connectivity index (χ4n) is 5.38. The Morgan fingerprint density at radius 3 is 2.57 bits per heavy atom. The second-order valence-electron chi connectivity index (χ2n) is 8.38. The summed E-state index contributed by atoms with van der Waals surface area (Å²) in [6.45, 7) is 6.94. The summed E-state index contributed by atoms with van der Waals surface area (Å²) in [5.41, 5.74) is 2.66. The number of benzene rings is 1. The maximum Gasteiger partial charge on any atom is 0.223 e. The third kappa shape index (κ3) is 3.01. The van der Waals surface area contributed by atoms with Crippen LogP contribution in [0.5, 0.6) is 0 Å². The van der Waals surface area contributed by atoms with E-state index < -0.39 is 0 Å². The minimum atomic E-state index is 0.145. The normalized spacial score (nSPS) is 22.6. The van der Waals surface area contributed by atoms with Crippen LogP contribution < -0.4 is 9.80 Å². The van der Waals surface area contributed by atoms with Crippen molar-refractivity contribution < 1.29 is 4.79 Å². The Balaban J connectivity index is 1.24. The predicted octanol–water partition coefficient (Wildman–Crippen LogP) is 2.91. The van der Waals surface area contributed by atoms with Crippen LogP contribution in [0.4, 0.5) is 10.8 Å². The fraction of sp³-hybridized carbons (Fsp3) is 0.571. The lowest BCUT2D eigenvalue weighted by Crippen LogP contribution is -2.51. The lowest BCUT2D eigenvalue weighted by Gasteiger charge is -2.45. The van der Waals surface area contributed by atoms with Crippen molar-refractivity contribution in [1.29, 1.82) is 0 Å². The average Bonchev–Trinajstić information content (AvgIpc) is 3.37. The van der Waals surface area contributed by atoms with Crippen molar-refractivity contribution in [1.82, 2.24) is 14.3 Å². The molecule has 1 spiro atoms. The van der Waals surface area contributed by atoms with Crippen LogP contribution in [0.2, 0.25) is 0 Å². The number of hydrogen-bond donors (Lipinski definition) is 0. The van der Waals surface area contributed by atoms with Crippen LogP contribution in [-0.2, 0) is 10.2 Å². The number of carbonyl (C=O) groups is 1. The molecule has 1 aromatic heterocycles. The van der Waals surface area contributed by atoms with Gasteiger partial charge < -0.3 is 14.7 Å². The molecule has 0 atom stereocenters. The number of nitrogens with zero attached hydrogens (tertiary/aromatic N) is 5. The molecule has 3 aliphatic heterocycles. The Morgan fingerprint density at radius 1 is 1.14 bits per heavy atom. The average molecular weight is 398 g/mol. The third-order valence-corrected chi connectivity index (χ3v) is 7.69. The molecular weight excluding hydrogens is 370 g/mol. The topological polar surface area (TPSA) is 52.6 Å². The monoisotopic (exact) mass is 397 g/mol. The second kappa shape index (κ2) is 7.12. The Morgan fingerprint density at radius 2 is 1.89 bits per heavy atom. The van der Waals surface area contributed by atoms with Gasteiger partial charge >= 0.3 is 0 Å². The Hall–Kier alpha value is -1.99. The molecule has 6 nitrogen and oxygen atoms in total. The van der Waals surface area contributed by atoms with Crippen LogP contribution in [0.3, 0.4) is 0 Å². The number of fused-ring (bicyclic) bond motifs is 2. The first-order valence-corrected chi connectivity index (χ1v) is 11.1. The molecule has 7 heteroatoms. The molecule has 5 rings (SSSR count). The van der Waals surface area contributed by atoms with E-state index >= 15 is 0 Å². The highest BCUT2D eigenvalue weighted by Crippen LogP contribution is 2.47. The van der Waals surface area contributed by atoms with E-state index in [1.807, 2.05) is 4.90 Å². The van der Waals surface area contributed by atoms with Gasteiger partial charge in [0.1, 0.15) is 6.33 Å². The summed E-state index contributed by atoms with van der Waals surface area (Å²) in [7, 11) is 0. The van der Waals surface area contributed by atoms with Crippen molar-refractivity contribution in [3.63, 3.8) is 0 Å². The van der Waals surface area contributed by atoms with Gasteiger partial charge in [0.25, 0.3) is 0 Å². The number of piperidine rings is 2. The number of likely N-dealkylation sites (tertiary alicyclic amines) is 1. The van der Waals surface area contributed by atoms with E-state index in [0.717, 1.165) is 56.4 Å². The molecule has 4 heterocycles. The maximum absolute atomic E-state index is 12.2. The molecule has 0 radical (unpaired) electrons. The predicted molar refractivity (Wildman–Crippen MR) is 112 cm³/mol. The van der Waals surface area contributed by atoms with Crippen molar-refractivity contribution in [2.75, 3.05) is 42.5 Å². The molecule has 0 saturated carbocycles. The highest BCUT2D eigenvalue weighted by atomic mass is 32.1. The number of carbonyl (C=O) groups excluding carboxylic acids is 1. The summed E-state index contributed by atoms with van der Waals surface area (Å²) >= 11 is 1.49. The lowest BCUT2D eigenvalue weighted by molar-refractivity contribution is -0.116. The number of hydrogen-bond acceptors (Lipinski definition) is 6. The van der Waals surface area contributed by atoms with Crippen LogP contribution in [0.1, 0.15) is 38.2 Å². The van der Waals surface area contributed by atoms with E-state index in [-0.39, 0.29) is 11.3 Å². The Bertz CT molecular complexity index is 838. The summed E-state index contributed by atoms with van der Waals surface area (Å²) in [6.07, 6.45) is 6.33. The summed E-state index contributed by atoms with van der Waals surface area (Å²) in [5.74, 6) is 0.163. The number of para-hydroxylation sites is 1. The van der Waals surface area contributed by atoms with Crippen LogP contribution in [-0.4, -0.2) is 58.9 Å². The van der Waals surface area contributed by atoms with E-state index in [2.05, 4.69) is 43.4 Å². The molecule has 2 fully saturated rings. The van der Waals surface area contributed by atoms with Crippen LogP contribution >= 0.6 is 11.5 Å². The zero-order valence-electron chi connectivity index (χ0n) is 16.4. The van der Waals surface area contributed by atoms with Gasteiger partial charge in [0.15, 0.2) is 0 Å². The van der Waals surface area contributed by atoms with E-state index in [9.17, 15) is 4.79 Å². The molecule has 0 N–H and O–H groups in total. The van der Waals surface area contributed by atoms with Crippen LogP contribution in [0.15, 0.2) is 30.6 Å². The smallest absolute Gasteiger partial charge is 0.223 e. The largest absolute Gasteiger partial charge is 0.347 e. The SMILES string of the molecule is CC(=O)N1CC2(CCN(C3CCN(c4ncns4)CC3)CC2)c2ccccc21. The van der Waals surface area contributed by atoms with Crippen molar-refractivity contribution >= 4 is 28.3 Å². The maximum atomic E-state index is 12.2. The van der Waals surface area contributed by atoms with Crippen molar-refractivity contribution in [2.24, 2.45) is 0 Å². The van der Waals surface area contributed by atoms with Crippen LogP contribution in [0, 0.1) is 0 Å². The molecule has 0 bridgehead atoms. The van der Waals surface area contributed by atoms with Crippen molar-refractivity contribution in [3.05, 3.63) is 36.2 Å². The van der Waals surface area contributed by atoms with E-state index in [1.54, 1.807) is 13.3 Å². The van der Waals surface area contributed by atoms with Crippen LogP contribution in [0.25, 0.3) is 0 Å². The number of anilines is 2. The van der Waals surface area contributed by atoms with Gasteiger partial charge in [-0.3, -0.25) is 4.79 Å². The third-order valence-electron chi connectivity index (χ3n) is 6.96. The first kappa shape index (κ1) is 18.1. The first-order valence-electron chi connectivity index (χ1n) is 10.3. The molecule has 0 unspecified atom stereocenters. The van der Waals surface area contributed by atoms with Crippen molar-refractivity contribution in [3.8, 4) is 0 Å². The number of aromatic nitrogens is 2. The van der Waals surface area contributed by atoms with Gasteiger partial charge in [0.05, 0.1) is 0 Å². The molecule has 0 aliphatic carbocycles. The molecule has 148 valence electrons. The summed E-state index contributed by atoms with van der Waals surface area (Å²) in [6, 6.07) is 9.20. The number of amides is 1. The highest BCUT2D eigenvalue weighted by molar-refractivity contribution is 7.09.